The molecule has 2 heterocycles. The van der Waals surface area contributed by atoms with Crippen LogP contribution in [0.5, 0.6) is 0 Å². The molecule has 0 aliphatic carbocycles. The van der Waals surface area contributed by atoms with E-state index in [-0.39, 0.29) is 6.03 Å². The third-order valence-corrected chi connectivity index (χ3v) is 3.57. The average Bonchev–Trinajstić information content (AvgIpc) is 3.34. The molecule has 0 aliphatic heterocycles. The summed E-state index contributed by atoms with van der Waals surface area (Å²) in [5.74, 6) is 1.20. The predicted molar refractivity (Wildman–Crippen MR) is 96.5 cm³/mol. The Morgan fingerprint density at radius 2 is 1.69 bits per heavy atom. The zero-order chi connectivity index (χ0) is 17.8. The number of para-hydroxylation sites is 1. The van der Waals surface area contributed by atoms with E-state index in [1.54, 1.807) is 30.3 Å². The van der Waals surface area contributed by atoms with Gasteiger partial charge in [0.2, 0.25) is 5.82 Å². The molecule has 0 bridgehead atoms. The highest BCUT2D eigenvalue weighted by molar-refractivity contribution is 6.00. The lowest BCUT2D eigenvalue weighted by atomic mass is 10.2. The number of benzene rings is 2. The number of urea groups is 1. The third-order valence-electron chi connectivity index (χ3n) is 3.57. The van der Waals surface area contributed by atoms with Gasteiger partial charge in [-0.2, -0.15) is 4.98 Å². The SMILES string of the molecule is O=C(Nc1ccccc1)Nc1cccc(-c2noc(-c3ccco3)n2)c1. The summed E-state index contributed by atoms with van der Waals surface area (Å²) in [6, 6.07) is 19.5. The first-order valence-corrected chi connectivity index (χ1v) is 7.89. The summed E-state index contributed by atoms with van der Waals surface area (Å²) >= 11 is 0. The molecule has 0 saturated carbocycles. The molecular weight excluding hydrogens is 332 g/mol. The van der Waals surface area contributed by atoms with Crippen molar-refractivity contribution >= 4 is 17.4 Å². The standard InChI is InChI=1S/C19H14N4O3/c24-19(20-14-7-2-1-3-8-14)21-15-9-4-6-13(12-15)17-22-18(26-23-17)16-10-5-11-25-16/h1-12H,(H2,20,21,24). The minimum Gasteiger partial charge on any atom is -0.459 e. The Balaban J connectivity index is 1.49. The maximum atomic E-state index is 12.1. The molecule has 2 N–H and O–H groups in total. The molecule has 7 heteroatoms. The van der Waals surface area contributed by atoms with Crippen LogP contribution in [-0.4, -0.2) is 16.2 Å². The first-order chi connectivity index (χ1) is 12.8. The number of nitrogens with one attached hydrogen (secondary N) is 2. The number of hydrogen-bond acceptors (Lipinski definition) is 5. The van der Waals surface area contributed by atoms with Crippen molar-refractivity contribution in [2.24, 2.45) is 0 Å². The van der Waals surface area contributed by atoms with E-state index in [1.165, 1.54) is 6.26 Å². The number of carbonyl (C=O) groups is 1. The van der Waals surface area contributed by atoms with Gasteiger partial charge in [0, 0.05) is 16.9 Å². The number of furan rings is 1. The van der Waals surface area contributed by atoms with Gasteiger partial charge in [0.05, 0.1) is 6.26 Å². The average molecular weight is 346 g/mol. The molecule has 2 aromatic heterocycles. The monoisotopic (exact) mass is 346 g/mol. The minimum absolute atomic E-state index is 0.296. The van der Waals surface area contributed by atoms with Crippen molar-refractivity contribution in [3.63, 3.8) is 0 Å². The summed E-state index contributed by atoms with van der Waals surface area (Å²) in [6.45, 7) is 0. The summed E-state index contributed by atoms with van der Waals surface area (Å²) in [7, 11) is 0. The number of amides is 2. The van der Waals surface area contributed by atoms with Crippen molar-refractivity contribution in [2.45, 2.75) is 0 Å². The third kappa shape index (κ3) is 3.46. The summed E-state index contributed by atoms with van der Waals surface area (Å²) in [5.41, 5.74) is 2.03. The molecule has 0 atom stereocenters. The first kappa shape index (κ1) is 15.6. The molecule has 128 valence electrons. The number of aromatic nitrogens is 2. The second kappa shape index (κ2) is 6.94. The molecular formula is C19H14N4O3. The van der Waals surface area contributed by atoms with Crippen LogP contribution in [0.25, 0.3) is 23.0 Å². The van der Waals surface area contributed by atoms with E-state index < -0.39 is 0 Å². The van der Waals surface area contributed by atoms with Crippen LogP contribution in [0.3, 0.4) is 0 Å². The molecule has 4 aromatic rings. The largest absolute Gasteiger partial charge is 0.459 e. The molecule has 0 radical (unpaired) electrons. The number of hydrogen-bond donors (Lipinski definition) is 2. The van der Waals surface area contributed by atoms with E-state index in [0.717, 1.165) is 0 Å². The van der Waals surface area contributed by atoms with Gasteiger partial charge in [-0.3, -0.25) is 0 Å². The van der Waals surface area contributed by atoms with Crippen LogP contribution in [0.4, 0.5) is 16.2 Å². The van der Waals surface area contributed by atoms with E-state index >= 15 is 0 Å². The lowest BCUT2D eigenvalue weighted by molar-refractivity contribution is 0.262. The van der Waals surface area contributed by atoms with Gasteiger partial charge in [-0.15, -0.1) is 0 Å². The molecule has 0 saturated heterocycles. The van der Waals surface area contributed by atoms with Crippen LogP contribution >= 0.6 is 0 Å². The molecule has 0 spiro atoms. The molecule has 0 fully saturated rings. The zero-order valence-electron chi connectivity index (χ0n) is 13.5. The quantitative estimate of drug-likeness (QED) is 0.561. The van der Waals surface area contributed by atoms with Gasteiger partial charge >= 0.3 is 6.03 Å². The lowest BCUT2D eigenvalue weighted by Crippen LogP contribution is -2.19. The Labute approximate surface area is 148 Å². The van der Waals surface area contributed by atoms with Crippen LogP contribution < -0.4 is 10.6 Å². The van der Waals surface area contributed by atoms with Gasteiger partial charge in [-0.25, -0.2) is 4.79 Å². The highest BCUT2D eigenvalue weighted by Crippen LogP contribution is 2.24. The van der Waals surface area contributed by atoms with Crippen LogP contribution in [-0.2, 0) is 0 Å². The highest BCUT2D eigenvalue weighted by Gasteiger charge is 2.13. The van der Waals surface area contributed by atoms with E-state index in [4.69, 9.17) is 8.94 Å². The Hall–Kier alpha value is -3.87. The van der Waals surface area contributed by atoms with Gasteiger partial charge in [0.1, 0.15) is 0 Å². The van der Waals surface area contributed by atoms with Crippen molar-refractivity contribution in [3.8, 4) is 23.0 Å². The van der Waals surface area contributed by atoms with Crippen LogP contribution in [0.1, 0.15) is 0 Å². The Morgan fingerprint density at radius 1 is 0.885 bits per heavy atom. The van der Waals surface area contributed by atoms with E-state index in [1.807, 2.05) is 36.4 Å². The fourth-order valence-corrected chi connectivity index (χ4v) is 2.39. The van der Waals surface area contributed by atoms with Gasteiger partial charge in [-0.1, -0.05) is 35.5 Å². The van der Waals surface area contributed by atoms with E-state index in [9.17, 15) is 4.79 Å². The first-order valence-electron chi connectivity index (χ1n) is 7.89. The van der Waals surface area contributed by atoms with Crippen molar-refractivity contribution in [3.05, 3.63) is 73.0 Å². The van der Waals surface area contributed by atoms with Crippen LogP contribution in [0, 0.1) is 0 Å². The topological polar surface area (TPSA) is 93.2 Å². The fourth-order valence-electron chi connectivity index (χ4n) is 2.39. The molecule has 0 unspecified atom stereocenters. The summed E-state index contributed by atoms with van der Waals surface area (Å²) in [4.78, 5) is 16.4. The molecule has 4 rings (SSSR count). The smallest absolute Gasteiger partial charge is 0.323 e. The maximum Gasteiger partial charge on any atom is 0.323 e. The summed E-state index contributed by atoms with van der Waals surface area (Å²) in [6.07, 6.45) is 1.54. The van der Waals surface area contributed by atoms with Gasteiger partial charge in [-0.05, 0) is 36.4 Å². The number of carbonyl (C=O) groups excluding carboxylic acids is 1. The van der Waals surface area contributed by atoms with Crippen molar-refractivity contribution in [2.75, 3.05) is 10.6 Å². The number of rotatable bonds is 4. The zero-order valence-corrected chi connectivity index (χ0v) is 13.5. The lowest BCUT2D eigenvalue weighted by Gasteiger charge is -2.08. The van der Waals surface area contributed by atoms with E-state index in [2.05, 4.69) is 20.8 Å². The Kier molecular flexibility index (Phi) is 4.17. The second-order valence-electron chi connectivity index (χ2n) is 5.43. The van der Waals surface area contributed by atoms with Crippen molar-refractivity contribution < 1.29 is 13.7 Å². The number of nitrogens with zero attached hydrogens (tertiary/aromatic N) is 2. The minimum atomic E-state index is -0.335. The van der Waals surface area contributed by atoms with Crippen molar-refractivity contribution in [1.82, 2.24) is 10.1 Å². The fraction of sp³-hybridized carbons (Fsp3) is 0. The van der Waals surface area contributed by atoms with Crippen LogP contribution in [0.2, 0.25) is 0 Å². The Morgan fingerprint density at radius 3 is 2.50 bits per heavy atom. The summed E-state index contributed by atoms with van der Waals surface area (Å²) in [5, 5.41) is 9.50. The van der Waals surface area contributed by atoms with Gasteiger partial charge in [0.15, 0.2) is 5.76 Å². The van der Waals surface area contributed by atoms with E-state index in [0.29, 0.717) is 34.4 Å². The molecule has 0 aliphatic rings. The molecule has 2 aromatic carbocycles. The van der Waals surface area contributed by atoms with Crippen LogP contribution in [0.15, 0.2) is 81.9 Å². The molecule has 26 heavy (non-hydrogen) atoms. The predicted octanol–water partition coefficient (Wildman–Crippen LogP) is 4.64. The van der Waals surface area contributed by atoms with Crippen molar-refractivity contribution in [1.29, 1.82) is 0 Å². The Bertz CT molecular complexity index is 1010. The maximum absolute atomic E-state index is 12.1. The highest BCUT2D eigenvalue weighted by atomic mass is 16.5. The second-order valence-corrected chi connectivity index (χ2v) is 5.43. The summed E-state index contributed by atoms with van der Waals surface area (Å²) < 4.78 is 10.4. The number of anilines is 2. The molecule has 7 nitrogen and oxygen atoms in total. The van der Waals surface area contributed by atoms with Gasteiger partial charge < -0.3 is 19.6 Å². The normalized spacial score (nSPS) is 10.5. The van der Waals surface area contributed by atoms with Gasteiger partial charge in [0.25, 0.3) is 5.89 Å². The molecule has 2 amide bonds.